The van der Waals surface area contributed by atoms with Gasteiger partial charge < -0.3 is 4.74 Å². The zero-order valence-electron chi connectivity index (χ0n) is 10.6. The Labute approximate surface area is 122 Å². The lowest BCUT2D eigenvalue weighted by atomic mass is 10.1. The third kappa shape index (κ3) is 4.16. The number of carbonyl (C=O) groups excluding carboxylic acids is 1. The highest BCUT2D eigenvalue weighted by Gasteiger charge is 2.31. The van der Waals surface area contributed by atoms with Gasteiger partial charge in [0.1, 0.15) is 11.4 Å². The van der Waals surface area contributed by atoms with Crippen LogP contribution in [0.3, 0.4) is 0 Å². The first-order chi connectivity index (χ1) is 9.74. The summed E-state index contributed by atoms with van der Waals surface area (Å²) in [5, 5.41) is -0.167. The maximum Gasteiger partial charge on any atom is 0.573 e. The van der Waals surface area contributed by atoms with Crippen LogP contribution in [0.15, 0.2) is 30.3 Å². The van der Waals surface area contributed by atoms with Crippen molar-refractivity contribution >= 4 is 17.4 Å². The molecule has 2 aromatic rings. The van der Waals surface area contributed by atoms with Gasteiger partial charge >= 0.3 is 6.36 Å². The SMILES string of the molecule is CC(=O)c1cc(-c2cccc(OC(F)(F)F)c2)nc(Cl)n1. The number of Topliss-reactive ketones (excluding diaryl/α,β-unsaturated/α-hetero) is 1. The van der Waals surface area contributed by atoms with Gasteiger partial charge in [-0.3, -0.25) is 4.79 Å². The van der Waals surface area contributed by atoms with Gasteiger partial charge in [-0.05, 0) is 29.8 Å². The van der Waals surface area contributed by atoms with E-state index in [9.17, 15) is 18.0 Å². The van der Waals surface area contributed by atoms with Crippen LogP contribution in [0.4, 0.5) is 13.2 Å². The molecule has 110 valence electrons. The largest absolute Gasteiger partial charge is 0.573 e. The van der Waals surface area contributed by atoms with Crippen LogP contribution in [-0.2, 0) is 0 Å². The van der Waals surface area contributed by atoms with Crippen molar-refractivity contribution in [3.8, 4) is 17.0 Å². The molecule has 8 heteroatoms. The van der Waals surface area contributed by atoms with Crippen LogP contribution in [0, 0.1) is 0 Å². The molecular weight excluding hydrogens is 309 g/mol. The van der Waals surface area contributed by atoms with Crippen LogP contribution in [0.5, 0.6) is 5.75 Å². The van der Waals surface area contributed by atoms with Gasteiger partial charge in [-0.25, -0.2) is 9.97 Å². The Morgan fingerprint density at radius 2 is 1.95 bits per heavy atom. The van der Waals surface area contributed by atoms with E-state index < -0.39 is 6.36 Å². The van der Waals surface area contributed by atoms with E-state index in [0.717, 1.165) is 12.1 Å². The first kappa shape index (κ1) is 15.2. The van der Waals surface area contributed by atoms with Crippen molar-refractivity contribution in [3.05, 3.63) is 41.3 Å². The second-order valence-corrected chi connectivity index (χ2v) is 4.38. The van der Waals surface area contributed by atoms with Crippen LogP contribution in [0.25, 0.3) is 11.3 Å². The Morgan fingerprint density at radius 3 is 2.57 bits per heavy atom. The minimum Gasteiger partial charge on any atom is -0.406 e. The first-order valence-electron chi connectivity index (χ1n) is 5.66. The summed E-state index contributed by atoms with van der Waals surface area (Å²) < 4.78 is 40.4. The molecule has 1 aromatic carbocycles. The number of halogens is 4. The van der Waals surface area contributed by atoms with Gasteiger partial charge in [-0.15, -0.1) is 13.2 Å². The Bertz CT molecular complexity index is 689. The second-order valence-electron chi connectivity index (χ2n) is 4.04. The van der Waals surface area contributed by atoms with Gasteiger partial charge in [0.15, 0.2) is 5.78 Å². The van der Waals surface area contributed by atoms with Crippen LogP contribution >= 0.6 is 11.6 Å². The van der Waals surface area contributed by atoms with Gasteiger partial charge in [0.05, 0.1) is 5.69 Å². The lowest BCUT2D eigenvalue weighted by Crippen LogP contribution is -2.17. The summed E-state index contributed by atoms with van der Waals surface area (Å²) in [5.41, 5.74) is 0.628. The average molecular weight is 317 g/mol. The maximum atomic E-state index is 12.2. The van der Waals surface area contributed by atoms with Crippen molar-refractivity contribution in [2.75, 3.05) is 0 Å². The highest BCUT2D eigenvalue weighted by molar-refractivity contribution is 6.28. The molecule has 1 heterocycles. The molecule has 0 aliphatic carbocycles. The number of hydrogen-bond acceptors (Lipinski definition) is 4. The average Bonchev–Trinajstić information content (AvgIpc) is 2.36. The zero-order chi connectivity index (χ0) is 15.6. The molecule has 0 bridgehead atoms. The molecule has 2 rings (SSSR count). The van der Waals surface area contributed by atoms with Gasteiger partial charge in [0, 0.05) is 12.5 Å². The molecule has 4 nitrogen and oxygen atoms in total. The molecule has 0 fully saturated rings. The van der Waals surface area contributed by atoms with E-state index in [1.54, 1.807) is 0 Å². The number of hydrogen-bond donors (Lipinski definition) is 0. The predicted octanol–water partition coefficient (Wildman–Crippen LogP) is 3.90. The number of aromatic nitrogens is 2. The number of rotatable bonds is 3. The molecule has 1 aromatic heterocycles. The fraction of sp³-hybridized carbons (Fsp3) is 0.154. The van der Waals surface area contributed by atoms with E-state index in [-0.39, 0.29) is 28.2 Å². The molecule has 0 radical (unpaired) electrons. The predicted molar refractivity (Wildman–Crippen MR) is 69.2 cm³/mol. The molecule has 0 atom stereocenters. The smallest absolute Gasteiger partial charge is 0.406 e. The second kappa shape index (κ2) is 5.69. The summed E-state index contributed by atoms with van der Waals surface area (Å²) in [5.74, 6) is -0.720. The summed E-state index contributed by atoms with van der Waals surface area (Å²) in [4.78, 5) is 18.9. The van der Waals surface area contributed by atoms with E-state index in [1.807, 2.05) is 0 Å². The Kier molecular flexibility index (Phi) is 4.13. The van der Waals surface area contributed by atoms with E-state index in [4.69, 9.17) is 11.6 Å². The zero-order valence-corrected chi connectivity index (χ0v) is 11.4. The van der Waals surface area contributed by atoms with E-state index >= 15 is 0 Å². The van der Waals surface area contributed by atoms with E-state index in [1.165, 1.54) is 25.1 Å². The Morgan fingerprint density at radius 1 is 1.24 bits per heavy atom. The van der Waals surface area contributed by atoms with Crippen molar-refractivity contribution in [2.45, 2.75) is 13.3 Å². The molecule has 0 unspecified atom stereocenters. The molecule has 0 amide bonds. The Balaban J connectivity index is 2.42. The van der Waals surface area contributed by atoms with E-state index in [0.29, 0.717) is 5.56 Å². The quantitative estimate of drug-likeness (QED) is 0.636. The number of benzene rings is 1. The van der Waals surface area contributed by atoms with Crippen molar-refractivity contribution in [1.29, 1.82) is 0 Å². The van der Waals surface area contributed by atoms with Crippen LogP contribution in [-0.4, -0.2) is 22.1 Å². The van der Waals surface area contributed by atoms with Gasteiger partial charge in [0.2, 0.25) is 5.28 Å². The highest BCUT2D eigenvalue weighted by atomic mass is 35.5. The third-order valence-electron chi connectivity index (χ3n) is 2.42. The minimum atomic E-state index is -4.79. The Hall–Kier alpha value is -2.15. The minimum absolute atomic E-state index is 0.0761. The number of ketones is 1. The molecule has 0 N–H and O–H groups in total. The van der Waals surface area contributed by atoms with Gasteiger partial charge in [-0.1, -0.05) is 12.1 Å². The number of alkyl halides is 3. The fourth-order valence-corrected chi connectivity index (χ4v) is 1.78. The topological polar surface area (TPSA) is 52.1 Å². The molecule has 0 saturated heterocycles. The molecule has 0 aliphatic heterocycles. The number of carbonyl (C=O) groups is 1. The van der Waals surface area contributed by atoms with Gasteiger partial charge in [0.25, 0.3) is 0 Å². The molecule has 0 spiro atoms. The maximum absolute atomic E-state index is 12.2. The summed E-state index contributed by atoms with van der Waals surface area (Å²) in [6.07, 6.45) is -4.79. The number of ether oxygens (including phenoxy) is 1. The summed E-state index contributed by atoms with van der Waals surface area (Å²) in [6, 6.07) is 6.55. The van der Waals surface area contributed by atoms with Crippen molar-refractivity contribution < 1.29 is 22.7 Å². The standard InChI is InChI=1S/C13H8ClF3N2O2/c1-7(20)10-6-11(19-12(14)18-10)8-3-2-4-9(5-8)21-13(15,16)17/h2-6H,1H3. The fourth-order valence-electron chi connectivity index (χ4n) is 1.60. The third-order valence-corrected chi connectivity index (χ3v) is 2.59. The normalized spacial score (nSPS) is 11.3. The summed E-state index contributed by atoms with van der Waals surface area (Å²) >= 11 is 5.70. The molecular formula is C13H8ClF3N2O2. The molecule has 0 saturated carbocycles. The monoisotopic (exact) mass is 316 g/mol. The van der Waals surface area contributed by atoms with Crippen LogP contribution in [0.1, 0.15) is 17.4 Å². The lowest BCUT2D eigenvalue weighted by molar-refractivity contribution is -0.274. The van der Waals surface area contributed by atoms with Crippen molar-refractivity contribution in [2.24, 2.45) is 0 Å². The molecule has 0 aliphatic rings. The summed E-state index contributed by atoms with van der Waals surface area (Å²) in [6.45, 7) is 1.30. The van der Waals surface area contributed by atoms with Crippen LogP contribution < -0.4 is 4.74 Å². The lowest BCUT2D eigenvalue weighted by Gasteiger charge is -2.10. The highest BCUT2D eigenvalue weighted by Crippen LogP contribution is 2.27. The van der Waals surface area contributed by atoms with Crippen molar-refractivity contribution in [1.82, 2.24) is 9.97 Å². The number of nitrogens with zero attached hydrogens (tertiary/aromatic N) is 2. The van der Waals surface area contributed by atoms with Crippen molar-refractivity contribution in [3.63, 3.8) is 0 Å². The van der Waals surface area contributed by atoms with Gasteiger partial charge in [-0.2, -0.15) is 0 Å². The molecule has 21 heavy (non-hydrogen) atoms. The summed E-state index contributed by atoms with van der Waals surface area (Å²) in [7, 11) is 0. The van der Waals surface area contributed by atoms with E-state index in [2.05, 4.69) is 14.7 Å². The van der Waals surface area contributed by atoms with Crippen LogP contribution in [0.2, 0.25) is 5.28 Å². The first-order valence-corrected chi connectivity index (χ1v) is 6.04.